The minimum atomic E-state index is -0.148. The Morgan fingerprint density at radius 3 is 2.62 bits per heavy atom. The minimum Gasteiger partial charge on any atom is -0.497 e. The summed E-state index contributed by atoms with van der Waals surface area (Å²) in [7, 11) is 1.69. The predicted molar refractivity (Wildman–Crippen MR) is 156 cm³/mol. The Bertz CT molecular complexity index is 1260. The summed E-state index contributed by atoms with van der Waals surface area (Å²) in [5.41, 5.74) is 4.58. The van der Waals surface area contributed by atoms with E-state index < -0.39 is 0 Å². The second-order valence-electron chi connectivity index (χ2n) is 13.3. The topological polar surface area (TPSA) is 74.5 Å². The Kier molecular flexibility index (Phi) is 6.27. The highest BCUT2D eigenvalue weighted by Gasteiger charge is 2.60. The monoisotopic (exact) mass is 547 g/mol. The number of amidine groups is 1. The zero-order chi connectivity index (χ0) is 26.9. The molecule has 7 heteroatoms. The van der Waals surface area contributed by atoms with E-state index in [1.165, 1.54) is 55.1 Å². The summed E-state index contributed by atoms with van der Waals surface area (Å²) in [5, 5.41) is 18.4. The lowest BCUT2D eigenvalue weighted by Crippen LogP contribution is -2.51. The Balaban J connectivity index is 1.18. The molecule has 0 radical (unpaired) electrons. The van der Waals surface area contributed by atoms with Gasteiger partial charge in [-0.1, -0.05) is 49.4 Å². The summed E-state index contributed by atoms with van der Waals surface area (Å²) in [4.78, 5) is 16.4. The van der Waals surface area contributed by atoms with Gasteiger partial charge in [0.15, 0.2) is 5.17 Å². The molecule has 1 aromatic carbocycles. The van der Waals surface area contributed by atoms with Crippen LogP contribution in [0.4, 0.5) is 0 Å². The smallest absolute Gasteiger partial charge is 0.258 e. The van der Waals surface area contributed by atoms with Gasteiger partial charge in [-0.25, -0.2) is 5.01 Å². The van der Waals surface area contributed by atoms with Gasteiger partial charge in [0.25, 0.3) is 5.91 Å². The summed E-state index contributed by atoms with van der Waals surface area (Å²) in [6.07, 6.45) is 12.5. The molecule has 0 saturated heterocycles. The number of amides is 1. The molecule has 8 atom stereocenters. The molecule has 3 fully saturated rings. The van der Waals surface area contributed by atoms with Crippen LogP contribution >= 0.6 is 11.8 Å². The first-order chi connectivity index (χ1) is 18.8. The molecule has 4 aliphatic carbocycles. The molecule has 1 aromatic rings. The van der Waals surface area contributed by atoms with Crippen molar-refractivity contribution in [3.63, 3.8) is 0 Å². The van der Waals surface area contributed by atoms with Crippen LogP contribution in [-0.2, 0) is 4.79 Å². The molecule has 0 spiro atoms. The van der Waals surface area contributed by atoms with Crippen molar-refractivity contribution in [1.82, 2.24) is 5.01 Å². The number of nitrogens with zero attached hydrogens (tertiary/aromatic N) is 3. The number of hydrazone groups is 1. The van der Waals surface area contributed by atoms with Crippen molar-refractivity contribution >= 4 is 28.5 Å². The lowest BCUT2D eigenvalue weighted by Gasteiger charge is -2.58. The molecule has 7 rings (SSSR count). The van der Waals surface area contributed by atoms with Gasteiger partial charge in [0.05, 0.1) is 25.0 Å². The summed E-state index contributed by atoms with van der Waals surface area (Å²) in [6.45, 7) is 5.08. The number of hydrogen-bond donors (Lipinski definition) is 1. The zero-order valence-corrected chi connectivity index (χ0v) is 24.3. The second-order valence-corrected chi connectivity index (χ2v) is 14.3. The van der Waals surface area contributed by atoms with E-state index in [4.69, 9.17) is 9.84 Å². The van der Waals surface area contributed by atoms with Crippen molar-refractivity contribution in [3.05, 3.63) is 41.5 Å². The number of rotatable bonds is 3. The van der Waals surface area contributed by atoms with Crippen LogP contribution in [0, 0.1) is 34.5 Å². The van der Waals surface area contributed by atoms with Crippen molar-refractivity contribution in [3.8, 4) is 5.75 Å². The van der Waals surface area contributed by atoms with E-state index in [9.17, 15) is 9.90 Å². The average molecular weight is 548 g/mol. The quantitative estimate of drug-likeness (QED) is 0.445. The van der Waals surface area contributed by atoms with E-state index in [0.717, 1.165) is 54.4 Å². The lowest BCUT2D eigenvalue weighted by atomic mass is 9.47. The van der Waals surface area contributed by atoms with Crippen LogP contribution in [-0.4, -0.2) is 45.9 Å². The highest BCUT2D eigenvalue weighted by atomic mass is 32.2. The maximum absolute atomic E-state index is 12.1. The number of aliphatic hydroxyl groups is 1. The van der Waals surface area contributed by atoms with Gasteiger partial charge in [-0.05, 0) is 97.6 Å². The maximum atomic E-state index is 12.1. The molecule has 2 heterocycles. The average Bonchev–Trinajstić information content (AvgIpc) is 3.65. The molecule has 1 N–H and O–H groups in total. The number of thioether (sulfide) groups is 1. The van der Waals surface area contributed by atoms with E-state index in [-0.39, 0.29) is 28.9 Å². The first-order valence-electron chi connectivity index (χ1n) is 14.9. The molecule has 2 aliphatic heterocycles. The normalized spacial score (nSPS) is 41.4. The van der Waals surface area contributed by atoms with E-state index >= 15 is 0 Å². The van der Waals surface area contributed by atoms with Crippen molar-refractivity contribution in [2.45, 2.75) is 83.8 Å². The molecule has 1 amide bonds. The zero-order valence-electron chi connectivity index (χ0n) is 23.4. The Hall–Kier alpha value is -2.12. The van der Waals surface area contributed by atoms with Crippen LogP contribution in [0.15, 0.2) is 46.0 Å². The number of hydrogen-bond acceptors (Lipinski definition) is 6. The fourth-order valence-electron chi connectivity index (χ4n) is 9.61. The third-order valence-corrected chi connectivity index (χ3v) is 12.6. The van der Waals surface area contributed by atoms with E-state index in [1.807, 2.05) is 12.1 Å². The number of benzene rings is 1. The number of carbonyl (C=O) groups is 1. The number of methoxy groups -OCH3 is 1. The molecular weight excluding hydrogens is 506 g/mol. The van der Waals surface area contributed by atoms with Crippen molar-refractivity contribution in [2.75, 3.05) is 12.9 Å². The third kappa shape index (κ3) is 4.05. The number of aliphatic hydroxyl groups excluding tert-OH is 1. The van der Waals surface area contributed by atoms with Gasteiger partial charge in [-0.2, -0.15) is 10.1 Å². The molecule has 6 nitrogen and oxygen atoms in total. The fourth-order valence-corrected chi connectivity index (χ4v) is 10.4. The van der Waals surface area contributed by atoms with Gasteiger partial charge < -0.3 is 9.84 Å². The molecule has 0 aromatic heterocycles. The molecule has 3 saturated carbocycles. The van der Waals surface area contributed by atoms with E-state index in [1.54, 1.807) is 12.7 Å². The van der Waals surface area contributed by atoms with Gasteiger partial charge >= 0.3 is 0 Å². The highest BCUT2D eigenvalue weighted by molar-refractivity contribution is 8.14. The summed E-state index contributed by atoms with van der Waals surface area (Å²) in [5.74, 6) is 3.87. The summed E-state index contributed by atoms with van der Waals surface area (Å²) >= 11 is 1.52. The van der Waals surface area contributed by atoms with Crippen molar-refractivity contribution in [1.29, 1.82) is 0 Å². The van der Waals surface area contributed by atoms with Crippen LogP contribution in [0.25, 0.3) is 0 Å². The van der Waals surface area contributed by atoms with Gasteiger partial charge in [0.2, 0.25) is 0 Å². The van der Waals surface area contributed by atoms with Crippen LogP contribution < -0.4 is 4.74 Å². The number of allylic oxidation sites excluding steroid dienone is 1. The van der Waals surface area contributed by atoms with E-state index in [2.05, 4.69) is 42.1 Å². The SMILES string of the molecule is COc1ccc(C2CC([C@H]3CC[C@H]4[C@@H]5CC=C6C[C@@H](O)CC[C@]6(C)[C@H]5CC[C@]34C)=NN2C2=NC(=O)CS2)cc1. The minimum absolute atomic E-state index is 0.0632. The van der Waals surface area contributed by atoms with Crippen molar-refractivity contribution < 1.29 is 14.6 Å². The first kappa shape index (κ1) is 25.8. The van der Waals surface area contributed by atoms with Gasteiger partial charge in [-0.15, -0.1) is 0 Å². The van der Waals surface area contributed by atoms with Gasteiger partial charge in [0, 0.05) is 18.1 Å². The maximum Gasteiger partial charge on any atom is 0.258 e. The molecule has 6 aliphatic rings. The largest absolute Gasteiger partial charge is 0.497 e. The lowest BCUT2D eigenvalue weighted by molar-refractivity contribution is -0.115. The predicted octanol–water partition coefficient (Wildman–Crippen LogP) is 6.37. The fraction of sp³-hybridized carbons (Fsp3) is 0.656. The standard InChI is InChI=1S/C32H41N3O3S/c1-31-14-12-21(36)16-20(31)6-9-23-24-10-11-26(32(24,2)15-13-25(23)31)27-17-28(19-4-7-22(38-3)8-5-19)35(34-27)30-33-29(37)18-39-30/h4-8,21,23-26,28,36H,9-18H2,1-3H3/t21-,23-,24-,25-,26+,28?,31-,32-/m0/s1. The van der Waals surface area contributed by atoms with Crippen LogP contribution in [0.1, 0.15) is 83.2 Å². The molecule has 0 bridgehead atoms. The number of fused-ring (bicyclic) bond motifs is 5. The first-order valence-corrected chi connectivity index (χ1v) is 15.9. The van der Waals surface area contributed by atoms with Crippen LogP contribution in [0.2, 0.25) is 0 Å². The highest BCUT2D eigenvalue weighted by Crippen LogP contribution is 2.67. The molecular formula is C32H41N3O3S. The third-order valence-electron chi connectivity index (χ3n) is 11.7. The number of aliphatic imine (C=N–C) groups is 1. The van der Waals surface area contributed by atoms with E-state index in [0.29, 0.717) is 11.7 Å². The summed E-state index contributed by atoms with van der Waals surface area (Å²) < 4.78 is 5.40. The van der Waals surface area contributed by atoms with Gasteiger partial charge in [-0.3, -0.25) is 4.79 Å². The van der Waals surface area contributed by atoms with Crippen LogP contribution in [0.5, 0.6) is 5.75 Å². The summed E-state index contributed by atoms with van der Waals surface area (Å²) in [6, 6.07) is 8.37. The molecule has 1 unspecified atom stereocenters. The van der Waals surface area contributed by atoms with Gasteiger partial charge in [0.1, 0.15) is 5.75 Å². The van der Waals surface area contributed by atoms with Crippen LogP contribution in [0.3, 0.4) is 0 Å². The second kappa shape index (κ2) is 9.47. The number of carbonyl (C=O) groups excluding carboxylic acids is 1. The number of ether oxygens (including phenoxy) is 1. The molecule has 39 heavy (non-hydrogen) atoms. The Labute approximate surface area is 236 Å². The Morgan fingerprint density at radius 2 is 1.87 bits per heavy atom. The van der Waals surface area contributed by atoms with Crippen molar-refractivity contribution in [2.24, 2.45) is 44.6 Å². The Morgan fingerprint density at radius 1 is 1.05 bits per heavy atom. The molecule has 208 valence electrons.